The summed E-state index contributed by atoms with van der Waals surface area (Å²) in [5.74, 6) is 0.982. The second-order valence-electron chi connectivity index (χ2n) is 6.14. The zero-order valence-corrected chi connectivity index (χ0v) is 15.8. The molecule has 2 nitrogen and oxygen atoms in total. The fraction of sp³-hybridized carbons (Fsp3) is 0.174. The average molecular weight is 362 g/mol. The van der Waals surface area contributed by atoms with Crippen LogP contribution in [-0.4, -0.2) is 12.9 Å². The Hall–Kier alpha value is -2.52. The van der Waals surface area contributed by atoms with Gasteiger partial charge in [-0.15, -0.1) is 11.8 Å². The summed E-state index contributed by atoms with van der Waals surface area (Å²) in [6, 6.07) is 25.8. The van der Waals surface area contributed by atoms with Crippen LogP contribution in [0.2, 0.25) is 0 Å². The van der Waals surface area contributed by atoms with Crippen LogP contribution in [0.1, 0.15) is 33.2 Å². The highest BCUT2D eigenvalue weighted by molar-refractivity contribution is 7.99. The first kappa shape index (κ1) is 18.3. The van der Waals surface area contributed by atoms with E-state index in [1.165, 1.54) is 10.5 Å². The van der Waals surface area contributed by atoms with Crippen molar-refractivity contribution in [2.24, 2.45) is 0 Å². The summed E-state index contributed by atoms with van der Waals surface area (Å²) >= 11 is 1.74. The van der Waals surface area contributed by atoms with Crippen molar-refractivity contribution in [1.82, 2.24) is 0 Å². The molecule has 3 rings (SSSR count). The molecule has 0 aliphatic rings. The van der Waals surface area contributed by atoms with Gasteiger partial charge in [-0.2, -0.15) is 0 Å². The molecular weight excluding hydrogens is 340 g/mol. The second-order valence-corrected chi connectivity index (χ2v) is 7.38. The van der Waals surface area contributed by atoms with Crippen LogP contribution < -0.4 is 4.74 Å². The predicted octanol–water partition coefficient (Wildman–Crippen LogP) is 6.11. The fourth-order valence-corrected chi connectivity index (χ4v) is 4.04. The number of Topliss-reactive ketones (excluding diaryl/α,β-unsaturated/α-hetero) is 1. The van der Waals surface area contributed by atoms with Gasteiger partial charge in [0, 0.05) is 22.1 Å². The van der Waals surface area contributed by atoms with E-state index in [2.05, 4.69) is 19.1 Å². The number of carbonyl (C=O) groups is 1. The minimum Gasteiger partial charge on any atom is -0.497 e. The van der Waals surface area contributed by atoms with Crippen LogP contribution >= 0.6 is 11.8 Å². The Morgan fingerprint density at radius 2 is 1.58 bits per heavy atom. The van der Waals surface area contributed by atoms with Crippen molar-refractivity contribution in [3.05, 3.63) is 95.6 Å². The molecule has 1 unspecified atom stereocenters. The molecule has 0 aliphatic heterocycles. The standard InChI is InChI=1S/C23H22O2S/c1-17-8-6-7-11-22(17)26-23(19-12-14-20(25-2)15-13-19)16-21(24)18-9-4-3-5-10-18/h3-15,23H,16H2,1-2H3. The monoisotopic (exact) mass is 362 g/mol. The number of aryl methyl sites for hydroxylation is 1. The molecule has 132 valence electrons. The molecule has 0 amide bonds. The highest BCUT2D eigenvalue weighted by Crippen LogP contribution is 2.40. The predicted molar refractivity (Wildman–Crippen MR) is 108 cm³/mol. The van der Waals surface area contributed by atoms with Crippen LogP contribution in [0.4, 0.5) is 0 Å². The van der Waals surface area contributed by atoms with Crippen molar-refractivity contribution in [2.75, 3.05) is 7.11 Å². The Bertz CT molecular complexity index is 857. The lowest BCUT2D eigenvalue weighted by Gasteiger charge is -2.18. The van der Waals surface area contributed by atoms with E-state index in [4.69, 9.17) is 4.74 Å². The molecule has 0 bridgehead atoms. The third kappa shape index (κ3) is 4.55. The van der Waals surface area contributed by atoms with Crippen LogP contribution in [-0.2, 0) is 0 Å². The third-order valence-corrected chi connectivity index (χ3v) is 5.75. The molecule has 0 saturated heterocycles. The van der Waals surface area contributed by atoms with E-state index in [0.717, 1.165) is 16.9 Å². The van der Waals surface area contributed by atoms with Gasteiger partial charge in [-0.1, -0.05) is 60.7 Å². The van der Waals surface area contributed by atoms with Crippen LogP contribution in [0.15, 0.2) is 83.8 Å². The van der Waals surface area contributed by atoms with Gasteiger partial charge >= 0.3 is 0 Å². The number of rotatable bonds is 7. The van der Waals surface area contributed by atoms with Crippen molar-refractivity contribution in [3.63, 3.8) is 0 Å². The van der Waals surface area contributed by atoms with Crippen LogP contribution in [0.5, 0.6) is 5.75 Å². The zero-order valence-electron chi connectivity index (χ0n) is 15.0. The Balaban J connectivity index is 1.87. The summed E-state index contributed by atoms with van der Waals surface area (Å²) in [6.45, 7) is 2.10. The van der Waals surface area contributed by atoms with E-state index in [-0.39, 0.29) is 11.0 Å². The number of carbonyl (C=O) groups excluding carboxylic acids is 1. The smallest absolute Gasteiger partial charge is 0.164 e. The van der Waals surface area contributed by atoms with Gasteiger partial charge < -0.3 is 4.74 Å². The molecule has 1 atom stereocenters. The summed E-state index contributed by atoms with van der Waals surface area (Å²) in [4.78, 5) is 14.0. The highest BCUT2D eigenvalue weighted by Gasteiger charge is 2.19. The van der Waals surface area contributed by atoms with Gasteiger partial charge in [0.2, 0.25) is 0 Å². The summed E-state index contributed by atoms with van der Waals surface area (Å²) in [6.07, 6.45) is 0.454. The maximum atomic E-state index is 12.8. The van der Waals surface area contributed by atoms with Gasteiger partial charge in [0.15, 0.2) is 5.78 Å². The number of thioether (sulfide) groups is 1. The van der Waals surface area contributed by atoms with E-state index in [9.17, 15) is 4.79 Å². The fourth-order valence-electron chi connectivity index (χ4n) is 2.80. The van der Waals surface area contributed by atoms with E-state index >= 15 is 0 Å². The number of methoxy groups -OCH3 is 1. The number of hydrogen-bond donors (Lipinski definition) is 0. The Morgan fingerprint density at radius 1 is 0.923 bits per heavy atom. The summed E-state index contributed by atoms with van der Waals surface area (Å²) in [7, 11) is 1.66. The van der Waals surface area contributed by atoms with Crippen LogP contribution in [0.3, 0.4) is 0 Å². The summed E-state index contributed by atoms with van der Waals surface area (Å²) in [5.41, 5.74) is 3.11. The average Bonchev–Trinajstić information content (AvgIpc) is 2.70. The molecule has 26 heavy (non-hydrogen) atoms. The maximum absolute atomic E-state index is 12.8. The molecule has 0 heterocycles. The number of ether oxygens (including phenoxy) is 1. The SMILES string of the molecule is COc1ccc(C(CC(=O)c2ccccc2)Sc2ccccc2C)cc1. The summed E-state index contributed by atoms with van der Waals surface area (Å²) < 4.78 is 5.26. The first-order chi connectivity index (χ1) is 12.7. The Kier molecular flexibility index (Phi) is 6.13. The van der Waals surface area contributed by atoms with Gasteiger partial charge in [-0.25, -0.2) is 0 Å². The van der Waals surface area contributed by atoms with Crippen LogP contribution in [0, 0.1) is 6.92 Å². The molecule has 0 spiro atoms. The number of benzene rings is 3. The van der Waals surface area contributed by atoms with Gasteiger partial charge in [0.05, 0.1) is 7.11 Å². The molecule has 3 aromatic rings. The zero-order chi connectivity index (χ0) is 18.4. The lowest BCUT2D eigenvalue weighted by atomic mass is 10.0. The van der Waals surface area contributed by atoms with Gasteiger partial charge in [-0.05, 0) is 36.2 Å². The maximum Gasteiger partial charge on any atom is 0.164 e. The highest BCUT2D eigenvalue weighted by atomic mass is 32.2. The molecule has 0 aromatic heterocycles. The lowest BCUT2D eigenvalue weighted by Crippen LogP contribution is -2.05. The van der Waals surface area contributed by atoms with Crippen molar-refractivity contribution in [2.45, 2.75) is 23.5 Å². The molecule has 3 heteroatoms. The largest absolute Gasteiger partial charge is 0.497 e. The van der Waals surface area contributed by atoms with Crippen molar-refractivity contribution < 1.29 is 9.53 Å². The van der Waals surface area contributed by atoms with E-state index in [0.29, 0.717) is 6.42 Å². The Morgan fingerprint density at radius 3 is 2.23 bits per heavy atom. The second kappa shape index (κ2) is 8.72. The minimum absolute atomic E-state index is 0.0507. The molecular formula is C23H22O2S. The molecule has 0 N–H and O–H groups in total. The van der Waals surface area contributed by atoms with E-state index in [1.54, 1.807) is 18.9 Å². The molecule has 0 aliphatic carbocycles. The van der Waals surface area contributed by atoms with Crippen molar-refractivity contribution >= 4 is 17.5 Å². The molecule has 0 radical (unpaired) electrons. The van der Waals surface area contributed by atoms with Gasteiger partial charge in [0.25, 0.3) is 0 Å². The molecule has 0 fully saturated rings. The van der Waals surface area contributed by atoms with Gasteiger partial charge in [-0.3, -0.25) is 4.79 Å². The minimum atomic E-state index is 0.0507. The lowest BCUT2D eigenvalue weighted by molar-refractivity contribution is 0.0982. The number of hydrogen-bond acceptors (Lipinski definition) is 3. The van der Waals surface area contributed by atoms with E-state index in [1.807, 2.05) is 66.7 Å². The van der Waals surface area contributed by atoms with Crippen molar-refractivity contribution in [1.29, 1.82) is 0 Å². The first-order valence-electron chi connectivity index (χ1n) is 8.62. The first-order valence-corrected chi connectivity index (χ1v) is 9.50. The van der Waals surface area contributed by atoms with Gasteiger partial charge in [0.1, 0.15) is 5.75 Å². The molecule has 0 saturated carbocycles. The third-order valence-electron chi connectivity index (χ3n) is 4.32. The van der Waals surface area contributed by atoms with Crippen molar-refractivity contribution in [3.8, 4) is 5.75 Å². The number of ketones is 1. The quantitative estimate of drug-likeness (QED) is 0.375. The normalized spacial score (nSPS) is 11.8. The Labute approximate surface area is 159 Å². The topological polar surface area (TPSA) is 26.3 Å². The van der Waals surface area contributed by atoms with Crippen LogP contribution in [0.25, 0.3) is 0 Å². The summed E-state index contributed by atoms with van der Waals surface area (Å²) in [5, 5.41) is 0.0507. The van der Waals surface area contributed by atoms with E-state index < -0.39 is 0 Å². The molecule has 3 aromatic carbocycles.